The molecule has 0 unspecified atom stereocenters. The minimum Gasteiger partial charge on any atom is -0.506 e. The molecule has 0 amide bonds. The molecular formula is C8H5BrN2O. The van der Waals surface area contributed by atoms with E-state index in [4.69, 9.17) is 0 Å². The Labute approximate surface area is 77.2 Å². The van der Waals surface area contributed by atoms with Crippen LogP contribution in [-0.2, 0) is 0 Å². The van der Waals surface area contributed by atoms with Gasteiger partial charge in [0.05, 0.1) is 11.7 Å². The molecule has 1 aromatic heterocycles. The third-order valence-corrected chi connectivity index (χ3v) is 1.90. The molecule has 0 bridgehead atoms. The van der Waals surface area contributed by atoms with Crippen molar-refractivity contribution >= 4 is 27.0 Å². The molecule has 0 atom stereocenters. The van der Waals surface area contributed by atoms with Gasteiger partial charge < -0.3 is 5.11 Å². The molecule has 4 heteroatoms. The van der Waals surface area contributed by atoms with Crippen LogP contribution in [0.5, 0.6) is 5.75 Å². The van der Waals surface area contributed by atoms with Crippen LogP contribution in [-0.4, -0.2) is 15.1 Å². The van der Waals surface area contributed by atoms with E-state index in [0.29, 0.717) is 15.6 Å². The maximum atomic E-state index is 9.34. The van der Waals surface area contributed by atoms with E-state index in [9.17, 15) is 5.11 Å². The Morgan fingerprint density at radius 2 is 2.17 bits per heavy atom. The maximum absolute atomic E-state index is 9.34. The molecule has 1 N–H and O–H groups in total. The first-order valence-electron chi connectivity index (χ1n) is 3.37. The van der Waals surface area contributed by atoms with Crippen molar-refractivity contribution in [1.82, 2.24) is 9.97 Å². The largest absolute Gasteiger partial charge is 0.506 e. The third kappa shape index (κ3) is 1.14. The minimum absolute atomic E-state index is 0.160. The lowest BCUT2D eigenvalue weighted by molar-refractivity contribution is 0.480. The molecule has 2 aromatic rings. The van der Waals surface area contributed by atoms with E-state index in [2.05, 4.69) is 25.9 Å². The van der Waals surface area contributed by atoms with Crippen LogP contribution in [0.1, 0.15) is 0 Å². The number of aromatic nitrogens is 2. The SMILES string of the molecule is Oc1cccc2nc(Br)cnc12. The smallest absolute Gasteiger partial charge is 0.143 e. The molecule has 0 saturated carbocycles. The Hall–Kier alpha value is -1.16. The summed E-state index contributed by atoms with van der Waals surface area (Å²) >= 11 is 3.20. The molecule has 0 aliphatic carbocycles. The van der Waals surface area contributed by atoms with Crippen LogP contribution >= 0.6 is 15.9 Å². The molecule has 3 nitrogen and oxygen atoms in total. The first-order chi connectivity index (χ1) is 5.77. The molecule has 2 rings (SSSR count). The zero-order valence-electron chi connectivity index (χ0n) is 6.03. The van der Waals surface area contributed by atoms with E-state index in [1.165, 1.54) is 0 Å². The molecule has 1 aromatic carbocycles. The highest BCUT2D eigenvalue weighted by Gasteiger charge is 2.00. The van der Waals surface area contributed by atoms with Gasteiger partial charge in [-0.05, 0) is 28.1 Å². The quantitative estimate of drug-likeness (QED) is 0.746. The van der Waals surface area contributed by atoms with Crippen LogP contribution < -0.4 is 0 Å². The van der Waals surface area contributed by atoms with Gasteiger partial charge in [-0.3, -0.25) is 0 Å². The van der Waals surface area contributed by atoms with Crippen LogP contribution in [0.4, 0.5) is 0 Å². The number of phenols is 1. The average molecular weight is 225 g/mol. The summed E-state index contributed by atoms with van der Waals surface area (Å²) in [6.45, 7) is 0. The number of rotatable bonds is 0. The Morgan fingerprint density at radius 1 is 1.33 bits per heavy atom. The lowest BCUT2D eigenvalue weighted by Crippen LogP contribution is -1.83. The van der Waals surface area contributed by atoms with Crippen molar-refractivity contribution in [3.8, 4) is 5.75 Å². The van der Waals surface area contributed by atoms with Gasteiger partial charge in [-0.2, -0.15) is 0 Å². The summed E-state index contributed by atoms with van der Waals surface area (Å²) in [7, 11) is 0. The first kappa shape index (κ1) is 7.49. The summed E-state index contributed by atoms with van der Waals surface area (Å²) in [4.78, 5) is 8.15. The molecule has 0 spiro atoms. The van der Waals surface area contributed by atoms with E-state index in [1.807, 2.05) is 0 Å². The first-order valence-corrected chi connectivity index (χ1v) is 4.17. The normalized spacial score (nSPS) is 10.4. The van der Waals surface area contributed by atoms with Crippen molar-refractivity contribution in [3.63, 3.8) is 0 Å². The Balaban J connectivity index is 2.86. The van der Waals surface area contributed by atoms with Gasteiger partial charge >= 0.3 is 0 Å². The number of hydrogen-bond donors (Lipinski definition) is 1. The van der Waals surface area contributed by atoms with Gasteiger partial charge in [0.2, 0.25) is 0 Å². The predicted octanol–water partition coefficient (Wildman–Crippen LogP) is 2.10. The summed E-state index contributed by atoms with van der Waals surface area (Å²) in [6.07, 6.45) is 1.56. The van der Waals surface area contributed by atoms with Crippen LogP contribution in [0.15, 0.2) is 29.0 Å². The van der Waals surface area contributed by atoms with Crippen LogP contribution in [0.2, 0.25) is 0 Å². The number of hydrogen-bond acceptors (Lipinski definition) is 3. The van der Waals surface area contributed by atoms with Crippen molar-refractivity contribution in [1.29, 1.82) is 0 Å². The van der Waals surface area contributed by atoms with Gasteiger partial charge in [-0.1, -0.05) is 6.07 Å². The molecule has 0 fully saturated rings. The van der Waals surface area contributed by atoms with Gasteiger partial charge in [0.1, 0.15) is 15.9 Å². The second-order valence-corrected chi connectivity index (χ2v) is 3.15. The fourth-order valence-corrected chi connectivity index (χ4v) is 1.30. The third-order valence-electron chi connectivity index (χ3n) is 1.52. The van der Waals surface area contributed by atoms with E-state index in [1.54, 1.807) is 24.4 Å². The fraction of sp³-hybridized carbons (Fsp3) is 0. The van der Waals surface area contributed by atoms with Crippen molar-refractivity contribution in [3.05, 3.63) is 29.0 Å². The Bertz CT molecular complexity index is 430. The molecule has 1 heterocycles. The Kier molecular flexibility index (Phi) is 1.69. The highest BCUT2D eigenvalue weighted by molar-refractivity contribution is 9.10. The Morgan fingerprint density at radius 3 is 3.00 bits per heavy atom. The molecule has 0 saturated heterocycles. The van der Waals surface area contributed by atoms with Crippen molar-refractivity contribution < 1.29 is 5.11 Å². The highest BCUT2D eigenvalue weighted by atomic mass is 79.9. The second kappa shape index (κ2) is 2.71. The van der Waals surface area contributed by atoms with Crippen molar-refractivity contribution in [2.24, 2.45) is 0 Å². The van der Waals surface area contributed by atoms with Crippen LogP contribution in [0.3, 0.4) is 0 Å². The van der Waals surface area contributed by atoms with E-state index in [0.717, 1.165) is 0 Å². The van der Waals surface area contributed by atoms with Crippen LogP contribution in [0.25, 0.3) is 11.0 Å². The lowest BCUT2D eigenvalue weighted by Gasteiger charge is -1.97. The molecule has 12 heavy (non-hydrogen) atoms. The van der Waals surface area contributed by atoms with Gasteiger partial charge in [0.15, 0.2) is 0 Å². The summed E-state index contributed by atoms with van der Waals surface area (Å²) in [5.41, 5.74) is 1.21. The average Bonchev–Trinajstić information content (AvgIpc) is 2.04. The monoisotopic (exact) mass is 224 g/mol. The van der Waals surface area contributed by atoms with Gasteiger partial charge in [0, 0.05) is 0 Å². The lowest BCUT2D eigenvalue weighted by atomic mass is 10.3. The highest BCUT2D eigenvalue weighted by Crippen LogP contribution is 2.21. The van der Waals surface area contributed by atoms with E-state index in [-0.39, 0.29) is 5.75 Å². The zero-order chi connectivity index (χ0) is 8.55. The second-order valence-electron chi connectivity index (χ2n) is 2.34. The van der Waals surface area contributed by atoms with Crippen molar-refractivity contribution in [2.45, 2.75) is 0 Å². The molecule has 60 valence electrons. The fourth-order valence-electron chi connectivity index (χ4n) is 1.00. The summed E-state index contributed by atoms with van der Waals surface area (Å²) in [6, 6.07) is 5.12. The van der Waals surface area contributed by atoms with Gasteiger partial charge in [-0.15, -0.1) is 0 Å². The summed E-state index contributed by atoms with van der Waals surface area (Å²) in [5, 5.41) is 9.34. The number of para-hydroxylation sites is 1. The predicted molar refractivity (Wildman–Crippen MR) is 48.9 cm³/mol. The maximum Gasteiger partial charge on any atom is 0.143 e. The van der Waals surface area contributed by atoms with E-state index < -0.39 is 0 Å². The van der Waals surface area contributed by atoms with Crippen molar-refractivity contribution in [2.75, 3.05) is 0 Å². The van der Waals surface area contributed by atoms with Gasteiger partial charge in [-0.25, -0.2) is 9.97 Å². The number of nitrogens with zero attached hydrogens (tertiary/aromatic N) is 2. The molecule has 0 radical (unpaired) electrons. The number of fused-ring (bicyclic) bond motifs is 1. The minimum atomic E-state index is 0.160. The number of halogens is 1. The molecular weight excluding hydrogens is 220 g/mol. The topological polar surface area (TPSA) is 46.0 Å². The van der Waals surface area contributed by atoms with Gasteiger partial charge in [0.25, 0.3) is 0 Å². The number of phenolic OH excluding ortho intramolecular Hbond substituents is 1. The summed E-state index contributed by atoms with van der Waals surface area (Å²) < 4.78 is 0.667. The van der Waals surface area contributed by atoms with E-state index >= 15 is 0 Å². The summed E-state index contributed by atoms with van der Waals surface area (Å²) in [5.74, 6) is 0.160. The number of aromatic hydroxyl groups is 1. The molecule has 0 aliphatic heterocycles. The zero-order valence-corrected chi connectivity index (χ0v) is 7.62. The molecule has 0 aliphatic rings. The van der Waals surface area contributed by atoms with Crippen LogP contribution in [0, 0.1) is 0 Å². The standard InChI is InChI=1S/C8H5BrN2O/c9-7-4-10-8-5(11-7)2-1-3-6(8)12/h1-4,12H. The number of benzene rings is 1.